The zero-order chi connectivity index (χ0) is 19.5. The molecular weight excluding hydrogens is 347 g/mol. The number of carbonyl (C=O) groups excluding carboxylic acids is 2. The fourth-order valence-corrected chi connectivity index (χ4v) is 2.63. The SMILES string of the molecule is CC(C)(C)C(=O)NCC(=O)N1CCN(c2cccc(C(F)(F)F)c2)CC1. The number of rotatable bonds is 3. The Morgan fingerprint density at radius 1 is 1.08 bits per heavy atom. The lowest BCUT2D eigenvalue weighted by Gasteiger charge is -2.36. The summed E-state index contributed by atoms with van der Waals surface area (Å²) in [6, 6.07) is 5.19. The van der Waals surface area contributed by atoms with E-state index in [1.165, 1.54) is 6.07 Å². The molecule has 1 aliphatic heterocycles. The lowest BCUT2D eigenvalue weighted by Crippen LogP contribution is -2.52. The van der Waals surface area contributed by atoms with Crippen molar-refractivity contribution in [1.82, 2.24) is 10.2 Å². The van der Waals surface area contributed by atoms with Gasteiger partial charge in [0.25, 0.3) is 0 Å². The Kier molecular flexibility index (Phi) is 5.83. The van der Waals surface area contributed by atoms with Crippen molar-refractivity contribution >= 4 is 17.5 Å². The zero-order valence-corrected chi connectivity index (χ0v) is 15.2. The highest BCUT2D eigenvalue weighted by atomic mass is 19.4. The van der Waals surface area contributed by atoms with Gasteiger partial charge in [0.15, 0.2) is 0 Å². The van der Waals surface area contributed by atoms with E-state index in [4.69, 9.17) is 0 Å². The average molecular weight is 371 g/mol. The molecule has 1 aromatic rings. The Morgan fingerprint density at radius 2 is 1.69 bits per heavy atom. The molecule has 144 valence electrons. The van der Waals surface area contributed by atoms with E-state index < -0.39 is 17.2 Å². The first-order chi connectivity index (χ1) is 12.0. The highest BCUT2D eigenvalue weighted by Gasteiger charge is 2.31. The van der Waals surface area contributed by atoms with Gasteiger partial charge in [-0.15, -0.1) is 0 Å². The fraction of sp³-hybridized carbons (Fsp3) is 0.556. The molecule has 0 saturated carbocycles. The van der Waals surface area contributed by atoms with Crippen LogP contribution in [0.3, 0.4) is 0 Å². The number of anilines is 1. The third-order valence-electron chi connectivity index (χ3n) is 4.25. The quantitative estimate of drug-likeness (QED) is 0.888. The van der Waals surface area contributed by atoms with Crippen LogP contribution in [0.15, 0.2) is 24.3 Å². The second kappa shape index (κ2) is 7.55. The fourth-order valence-electron chi connectivity index (χ4n) is 2.63. The average Bonchev–Trinajstić information content (AvgIpc) is 2.58. The Labute approximate surface area is 151 Å². The number of halogens is 3. The highest BCUT2D eigenvalue weighted by molar-refractivity contribution is 5.87. The molecule has 8 heteroatoms. The lowest BCUT2D eigenvalue weighted by molar-refractivity contribution is -0.137. The van der Waals surface area contributed by atoms with Crippen molar-refractivity contribution in [3.63, 3.8) is 0 Å². The number of carbonyl (C=O) groups is 2. The van der Waals surface area contributed by atoms with Gasteiger partial charge in [-0.1, -0.05) is 26.8 Å². The third kappa shape index (κ3) is 5.12. The van der Waals surface area contributed by atoms with Crippen LogP contribution in [0.5, 0.6) is 0 Å². The van der Waals surface area contributed by atoms with Crippen molar-refractivity contribution in [2.45, 2.75) is 26.9 Å². The Hall–Kier alpha value is -2.25. The maximum atomic E-state index is 12.8. The minimum absolute atomic E-state index is 0.0698. The summed E-state index contributed by atoms with van der Waals surface area (Å²) in [5.41, 5.74) is -0.756. The summed E-state index contributed by atoms with van der Waals surface area (Å²) in [6.07, 6.45) is -4.38. The third-order valence-corrected chi connectivity index (χ3v) is 4.25. The maximum absolute atomic E-state index is 12.8. The van der Waals surface area contributed by atoms with E-state index in [0.29, 0.717) is 31.9 Å². The predicted octanol–water partition coefficient (Wildman–Crippen LogP) is 2.52. The minimum atomic E-state index is -4.38. The van der Waals surface area contributed by atoms with Gasteiger partial charge in [-0.3, -0.25) is 9.59 Å². The molecule has 1 N–H and O–H groups in total. The molecule has 0 aromatic heterocycles. The number of piperazine rings is 1. The normalized spacial score (nSPS) is 15.8. The molecule has 0 bridgehead atoms. The first kappa shape index (κ1) is 20.1. The Bertz CT molecular complexity index is 660. The molecular formula is C18H24F3N3O2. The molecule has 1 saturated heterocycles. The number of alkyl halides is 3. The standard InChI is InChI=1S/C18H24F3N3O2/c1-17(2,3)16(26)22-12-15(25)24-9-7-23(8-10-24)14-6-4-5-13(11-14)18(19,20)21/h4-6,11H,7-10,12H2,1-3H3,(H,22,26). The summed E-state index contributed by atoms with van der Waals surface area (Å²) in [5, 5.41) is 2.62. The molecule has 26 heavy (non-hydrogen) atoms. The Balaban J connectivity index is 1.89. The van der Waals surface area contributed by atoms with Crippen LogP contribution in [0, 0.1) is 5.41 Å². The topological polar surface area (TPSA) is 52.7 Å². The maximum Gasteiger partial charge on any atom is 0.416 e. The number of amides is 2. The van der Waals surface area contributed by atoms with Crippen molar-refractivity contribution in [3.8, 4) is 0 Å². The van der Waals surface area contributed by atoms with E-state index in [-0.39, 0.29) is 18.4 Å². The highest BCUT2D eigenvalue weighted by Crippen LogP contribution is 2.31. The van der Waals surface area contributed by atoms with Gasteiger partial charge in [-0.2, -0.15) is 13.2 Å². The molecule has 1 aliphatic rings. The van der Waals surface area contributed by atoms with E-state index in [0.717, 1.165) is 12.1 Å². The first-order valence-electron chi connectivity index (χ1n) is 8.47. The molecule has 0 spiro atoms. The van der Waals surface area contributed by atoms with Gasteiger partial charge in [0, 0.05) is 37.3 Å². The number of nitrogens with one attached hydrogen (secondary N) is 1. The van der Waals surface area contributed by atoms with Gasteiger partial charge in [0.2, 0.25) is 11.8 Å². The second-order valence-corrected chi connectivity index (χ2v) is 7.35. The zero-order valence-electron chi connectivity index (χ0n) is 15.2. The molecule has 2 amide bonds. The van der Waals surface area contributed by atoms with Gasteiger partial charge in [-0.25, -0.2) is 0 Å². The Morgan fingerprint density at radius 3 is 2.23 bits per heavy atom. The van der Waals surface area contributed by atoms with Crippen LogP contribution in [0.4, 0.5) is 18.9 Å². The summed E-state index contributed by atoms with van der Waals surface area (Å²) in [5.74, 6) is -0.389. The second-order valence-electron chi connectivity index (χ2n) is 7.35. The van der Waals surface area contributed by atoms with Gasteiger partial charge >= 0.3 is 6.18 Å². The van der Waals surface area contributed by atoms with Crippen LogP contribution in [-0.4, -0.2) is 49.4 Å². The summed E-state index contributed by atoms with van der Waals surface area (Å²) in [7, 11) is 0. The van der Waals surface area contributed by atoms with E-state index in [9.17, 15) is 22.8 Å². The largest absolute Gasteiger partial charge is 0.416 e. The van der Waals surface area contributed by atoms with Crippen LogP contribution in [-0.2, 0) is 15.8 Å². The van der Waals surface area contributed by atoms with E-state index in [1.54, 1.807) is 31.7 Å². The van der Waals surface area contributed by atoms with E-state index in [2.05, 4.69) is 5.32 Å². The van der Waals surface area contributed by atoms with Crippen LogP contribution in [0.2, 0.25) is 0 Å². The molecule has 0 aliphatic carbocycles. The van der Waals surface area contributed by atoms with Gasteiger partial charge in [0.05, 0.1) is 12.1 Å². The number of benzene rings is 1. The predicted molar refractivity (Wildman–Crippen MR) is 92.7 cm³/mol. The summed E-state index contributed by atoms with van der Waals surface area (Å²) in [6.45, 7) is 6.92. The van der Waals surface area contributed by atoms with Crippen LogP contribution in [0.1, 0.15) is 26.3 Å². The van der Waals surface area contributed by atoms with E-state index >= 15 is 0 Å². The van der Waals surface area contributed by atoms with Gasteiger partial charge in [0.1, 0.15) is 0 Å². The monoisotopic (exact) mass is 371 g/mol. The smallest absolute Gasteiger partial charge is 0.368 e. The van der Waals surface area contributed by atoms with Gasteiger partial charge in [-0.05, 0) is 18.2 Å². The van der Waals surface area contributed by atoms with Crippen LogP contribution >= 0.6 is 0 Å². The molecule has 1 aromatic carbocycles. The first-order valence-corrected chi connectivity index (χ1v) is 8.47. The number of nitrogens with zero attached hydrogens (tertiary/aromatic N) is 2. The van der Waals surface area contributed by atoms with Crippen LogP contribution < -0.4 is 10.2 Å². The molecule has 2 rings (SSSR count). The minimum Gasteiger partial charge on any atom is -0.368 e. The lowest BCUT2D eigenvalue weighted by atomic mass is 9.96. The number of hydrogen-bond acceptors (Lipinski definition) is 3. The van der Waals surface area contributed by atoms with Crippen molar-refractivity contribution in [2.75, 3.05) is 37.6 Å². The molecule has 0 unspecified atom stereocenters. The number of hydrogen-bond donors (Lipinski definition) is 1. The molecule has 0 radical (unpaired) electrons. The molecule has 1 fully saturated rings. The van der Waals surface area contributed by atoms with Crippen molar-refractivity contribution < 1.29 is 22.8 Å². The summed E-state index contributed by atoms with van der Waals surface area (Å²) in [4.78, 5) is 27.5. The van der Waals surface area contributed by atoms with Crippen LogP contribution in [0.25, 0.3) is 0 Å². The van der Waals surface area contributed by atoms with E-state index in [1.807, 2.05) is 4.90 Å². The summed E-state index contributed by atoms with van der Waals surface area (Å²) < 4.78 is 38.5. The molecule has 0 atom stereocenters. The van der Waals surface area contributed by atoms with Crippen molar-refractivity contribution in [2.24, 2.45) is 5.41 Å². The van der Waals surface area contributed by atoms with Gasteiger partial charge < -0.3 is 15.1 Å². The molecule has 1 heterocycles. The molecule has 5 nitrogen and oxygen atoms in total. The summed E-state index contributed by atoms with van der Waals surface area (Å²) >= 11 is 0. The van der Waals surface area contributed by atoms with Crippen molar-refractivity contribution in [1.29, 1.82) is 0 Å². The van der Waals surface area contributed by atoms with Crippen molar-refractivity contribution in [3.05, 3.63) is 29.8 Å².